The molecular weight excluding hydrogens is 1130 g/mol. The number of fused-ring (bicyclic) bond motifs is 6. The number of hydrazine groups is 1. The van der Waals surface area contributed by atoms with Crippen molar-refractivity contribution >= 4 is 69.9 Å². The maximum absolute atomic E-state index is 14.5. The third kappa shape index (κ3) is 16.7. The van der Waals surface area contributed by atoms with Crippen molar-refractivity contribution in [2.24, 2.45) is 11.8 Å². The molecule has 5 amide bonds. The van der Waals surface area contributed by atoms with Crippen LogP contribution >= 0.6 is 11.6 Å². The van der Waals surface area contributed by atoms with Gasteiger partial charge in [-0.3, -0.25) is 34.7 Å². The van der Waals surface area contributed by atoms with Crippen molar-refractivity contribution in [3.63, 3.8) is 0 Å². The second-order valence-electron chi connectivity index (χ2n) is 23.3. The predicted octanol–water partition coefficient (Wildman–Crippen LogP) is 5.85. The molecular formula is C62H87ClN8O15. The number of benzene rings is 2. The Morgan fingerprint density at radius 1 is 0.965 bits per heavy atom. The molecule has 8 atom stereocenters. The van der Waals surface area contributed by atoms with Crippen LogP contribution in [0.4, 0.5) is 10.5 Å². The highest BCUT2D eigenvalue weighted by molar-refractivity contribution is 6.35. The molecule has 24 heteroatoms. The maximum Gasteiger partial charge on any atom is 0.409 e. The number of carbonyl (C=O) groups is 7. The number of halogens is 1. The van der Waals surface area contributed by atoms with Crippen molar-refractivity contribution in [2.75, 3.05) is 86.3 Å². The fourth-order valence-corrected chi connectivity index (χ4v) is 11.9. The summed E-state index contributed by atoms with van der Waals surface area (Å²) < 4.78 is 37.4. The summed E-state index contributed by atoms with van der Waals surface area (Å²) in [6.45, 7) is 11.3. The summed E-state index contributed by atoms with van der Waals surface area (Å²) in [5, 5.41) is 26.7. The van der Waals surface area contributed by atoms with E-state index in [9.17, 15) is 38.7 Å². The minimum atomic E-state index is -1.69. The first-order valence-electron chi connectivity index (χ1n) is 29.6. The molecule has 3 aromatic rings. The van der Waals surface area contributed by atoms with Crippen molar-refractivity contribution < 1.29 is 72.2 Å². The van der Waals surface area contributed by atoms with Gasteiger partial charge in [0, 0.05) is 102 Å². The smallest absolute Gasteiger partial charge is 0.409 e. The summed E-state index contributed by atoms with van der Waals surface area (Å²) in [5.74, 6) is -3.95. The highest BCUT2D eigenvalue weighted by atomic mass is 35.5. The van der Waals surface area contributed by atoms with Crippen LogP contribution in [0.25, 0.3) is 10.9 Å². The summed E-state index contributed by atoms with van der Waals surface area (Å²) in [5.41, 5.74) is 4.33. The molecule has 23 nitrogen and oxygen atoms in total. The number of carboxylic acid groups (broad SMARTS) is 1. The second-order valence-corrected chi connectivity index (χ2v) is 23.7. The number of anilines is 1. The van der Waals surface area contributed by atoms with E-state index in [1.807, 2.05) is 55.2 Å². The second kappa shape index (κ2) is 29.9. The SMILES string of the molecule is CNN(C)Cc1cc2ccccc2n1CCC(=O)N1CCC(N(CCOCCOCCC(=O)O)C(=O)CCC(=O)N(C)[C@@H](C)C(=O)O[C@H]2CC(=O)N(C)c3cc(cc(OC)c3Cl)C/C(C)=C/C=C/[C@@H](C)[C@@]3(O)C[C@H](OC(=O)N3)[C@@H](C)C3O[C@]32C)CC1. The number of epoxide rings is 1. The van der Waals surface area contributed by atoms with Gasteiger partial charge in [-0.2, -0.15) is 0 Å². The first-order valence-corrected chi connectivity index (χ1v) is 30.0. The fraction of sp³-hybridized carbons (Fsp3) is 0.597. The van der Waals surface area contributed by atoms with Crippen LogP contribution in [0.2, 0.25) is 5.02 Å². The van der Waals surface area contributed by atoms with E-state index in [1.165, 1.54) is 30.9 Å². The van der Waals surface area contributed by atoms with Gasteiger partial charge in [0.25, 0.3) is 0 Å². The van der Waals surface area contributed by atoms with Gasteiger partial charge in [0.05, 0.1) is 64.7 Å². The van der Waals surface area contributed by atoms with Crippen molar-refractivity contribution in [3.05, 3.63) is 82.5 Å². The number of hydrogen-bond acceptors (Lipinski definition) is 16. The normalized spacial score (nSPS) is 25.1. The van der Waals surface area contributed by atoms with Gasteiger partial charge in [0.15, 0.2) is 0 Å². The number of carbonyl (C=O) groups excluding carboxylic acids is 6. The molecule has 3 fully saturated rings. The zero-order valence-corrected chi connectivity index (χ0v) is 52.1. The van der Waals surface area contributed by atoms with Gasteiger partial charge < -0.3 is 62.8 Å². The van der Waals surface area contributed by atoms with Crippen molar-refractivity contribution in [2.45, 2.75) is 147 Å². The highest BCUT2D eigenvalue weighted by Gasteiger charge is 2.64. The third-order valence-corrected chi connectivity index (χ3v) is 17.7. The van der Waals surface area contributed by atoms with Gasteiger partial charge in [0.2, 0.25) is 23.6 Å². The first-order chi connectivity index (χ1) is 40.9. The standard InChI is InChI=1S/C62H87ClN8O15/c1-39-14-13-15-40(2)62(80)37-50(84-60(79)65-62)41(3)58-61(5,86-58)51(36-55(75)68(9)48-33-43(32-39)34-49(81-10)57(48)63)85-59(78)42(4)67(8)52(72)18-19-54(74)71(27-29-83-31-30-82-28-23-56(76)77)45-20-24-69(25-21-45)53(73)22-26-70-46(38-66(7)64-6)35-44-16-11-12-17-47(44)70/h11-17,33-35,40-42,45,50-51,58,64,80H,18-32,36-38H2,1-10H3,(H,65,79)(H,76,77)/b15-13+,39-14+/t40-,41-,42+,50+,51+,58?,61+,62+/m1/s1. The van der Waals surface area contributed by atoms with E-state index in [2.05, 4.69) is 33.5 Å². The Kier molecular flexibility index (Phi) is 23.2. The van der Waals surface area contributed by atoms with Gasteiger partial charge >= 0.3 is 18.0 Å². The monoisotopic (exact) mass is 1220 g/mol. The molecule has 2 aromatic carbocycles. The highest BCUT2D eigenvalue weighted by Crippen LogP contribution is 2.49. The number of piperidine rings is 1. The molecule has 4 aliphatic heterocycles. The lowest BCUT2D eigenvalue weighted by atomic mass is 9.82. The molecule has 1 unspecified atom stereocenters. The van der Waals surface area contributed by atoms with E-state index >= 15 is 0 Å². The molecule has 7 rings (SSSR count). The average Bonchev–Trinajstić information content (AvgIpc) is 1.59. The minimum Gasteiger partial charge on any atom is -0.495 e. The summed E-state index contributed by atoms with van der Waals surface area (Å²) >= 11 is 6.87. The van der Waals surface area contributed by atoms with Gasteiger partial charge in [-0.15, -0.1) is 0 Å². The summed E-state index contributed by atoms with van der Waals surface area (Å²) in [4.78, 5) is 101. The van der Waals surface area contributed by atoms with Crippen LogP contribution in [-0.4, -0.2) is 199 Å². The summed E-state index contributed by atoms with van der Waals surface area (Å²) in [6.07, 6.45) is 2.56. The number of nitrogens with zero attached hydrogens (tertiary/aromatic N) is 6. The number of ether oxygens (including phenoxy) is 6. The van der Waals surface area contributed by atoms with E-state index in [4.69, 9.17) is 45.1 Å². The van der Waals surface area contributed by atoms with Crippen molar-refractivity contribution in [3.8, 4) is 5.75 Å². The number of rotatable bonds is 23. The fourth-order valence-electron chi connectivity index (χ4n) is 11.6. The quantitative estimate of drug-likeness (QED) is 0.0375. The number of esters is 1. The molecule has 5 heterocycles. The number of hydrogen-bond donors (Lipinski definition) is 4. The van der Waals surface area contributed by atoms with E-state index < -0.39 is 83.8 Å². The summed E-state index contributed by atoms with van der Waals surface area (Å²) in [7, 11) is 8.28. The molecule has 3 saturated heterocycles. The van der Waals surface area contributed by atoms with Crippen molar-refractivity contribution in [1.29, 1.82) is 0 Å². The first kappa shape index (κ1) is 66.9. The summed E-state index contributed by atoms with van der Waals surface area (Å²) in [6, 6.07) is 12.3. The Hall–Kier alpha value is -6.60. The average molecular weight is 1220 g/mol. The van der Waals surface area contributed by atoms with Crippen LogP contribution in [0.5, 0.6) is 5.75 Å². The van der Waals surface area contributed by atoms with E-state index in [0.717, 1.165) is 27.7 Å². The number of aliphatic carboxylic acids is 1. The Morgan fingerprint density at radius 2 is 1.66 bits per heavy atom. The molecule has 4 bridgehead atoms. The molecule has 4 aliphatic rings. The van der Waals surface area contributed by atoms with Crippen molar-refractivity contribution in [1.82, 2.24) is 35.0 Å². The number of para-hydroxylation sites is 1. The minimum absolute atomic E-state index is 0.00347. The number of methoxy groups -OCH3 is 1. The van der Waals surface area contributed by atoms with Crippen LogP contribution in [0.3, 0.4) is 0 Å². The topological polar surface area (TPSA) is 264 Å². The number of likely N-dealkylation sites (tertiary alicyclic amines) is 1. The lowest BCUT2D eigenvalue weighted by Crippen LogP contribution is -2.60. The maximum atomic E-state index is 14.5. The largest absolute Gasteiger partial charge is 0.495 e. The van der Waals surface area contributed by atoms with E-state index in [-0.39, 0.29) is 88.0 Å². The van der Waals surface area contributed by atoms with Crippen LogP contribution < -0.4 is 20.4 Å². The van der Waals surface area contributed by atoms with Crippen LogP contribution in [-0.2, 0) is 72.0 Å². The van der Waals surface area contributed by atoms with E-state index in [0.29, 0.717) is 56.9 Å². The number of alkyl carbamates (subject to hydrolysis) is 1. The third-order valence-electron chi connectivity index (χ3n) is 17.3. The number of allylic oxidation sites excluding steroid dienone is 3. The lowest BCUT2D eigenvalue weighted by molar-refractivity contribution is -0.162. The molecule has 0 spiro atoms. The van der Waals surface area contributed by atoms with Gasteiger partial charge in [-0.25, -0.2) is 14.6 Å². The lowest BCUT2D eigenvalue weighted by Gasteiger charge is -2.41. The van der Waals surface area contributed by atoms with Crippen LogP contribution in [0, 0.1) is 11.8 Å². The van der Waals surface area contributed by atoms with Gasteiger partial charge in [0.1, 0.15) is 40.3 Å². The Labute approximate surface area is 508 Å². The number of aryl methyl sites for hydroxylation is 1. The number of aliphatic hydroxyl groups is 1. The predicted molar refractivity (Wildman–Crippen MR) is 321 cm³/mol. The zero-order chi connectivity index (χ0) is 62.6. The Morgan fingerprint density at radius 3 is 2.36 bits per heavy atom. The number of nitrogens with one attached hydrogen (secondary N) is 2. The number of aromatic nitrogens is 1. The molecule has 0 radical (unpaired) electrons. The van der Waals surface area contributed by atoms with E-state index in [1.54, 1.807) is 50.9 Å². The number of likely N-dealkylation sites (N-methyl/N-ethyl adjacent to an activating group) is 1. The Balaban J connectivity index is 1.02. The number of amides is 5. The molecule has 0 saturated carbocycles. The van der Waals surface area contributed by atoms with Gasteiger partial charge in [-0.1, -0.05) is 67.4 Å². The number of carboxylic acids is 1. The molecule has 472 valence electrons. The molecule has 86 heavy (non-hydrogen) atoms. The van der Waals surface area contributed by atoms with Gasteiger partial charge in [-0.05, 0) is 82.3 Å². The zero-order valence-electron chi connectivity index (χ0n) is 51.3. The van der Waals surface area contributed by atoms with Crippen LogP contribution in [0.15, 0.2) is 66.3 Å². The molecule has 1 aromatic heterocycles. The Bertz CT molecular complexity index is 2980. The molecule has 0 aliphatic carbocycles. The molecule has 4 N–H and O–H groups in total. The van der Waals surface area contributed by atoms with Crippen LogP contribution in [0.1, 0.15) is 97.2 Å².